The summed E-state index contributed by atoms with van der Waals surface area (Å²) in [6, 6.07) is 12.8. The van der Waals surface area contributed by atoms with Crippen molar-refractivity contribution in [2.75, 3.05) is 14.2 Å². The predicted molar refractivity (Wildman–Crippen MR) is 122 cm³/mol. The van der Waals surface area contributed by atoms with Gasteiger partial charge in [0.25, 0.3) is 11.8 Å². The van der Waals surface area contributed by atoms with Crippen molar-refractivity contribution >= 4 is 22.7 Å². The molecule has 3 N–H and O–H groups in total. The minimum absolute atomic E-state index is 0.244. The number of H-pyrrole nitrogens is 1. The van der Waals surface area contributed by atoms with Crippen LogP contribution in [0.5, 0.6) is 11.5 Å². The highest BCUT2D eigenvalue weighted by Crippen LogP contribution is 2.31. The number of amides is 2. The van der Waals surface area contributed by atoms with Crippen LogP contribution in [0.25, 0.3) is 16.6 Å². The van der Waals surface area contributed by atoms with E-state index in [-0.39, 0.29) is 11.5 Å². The van der Waals surface area contributed by atoms with Gasteiger partial charge >= 0.3 is 0 Å². The third kappa shape index (κ3) is 4.12. The monoisotopic (exact) mass is 450 g/mol. The van der Waals surface area contributed by atoms with Gasteiger partial charge < -0.3 is 19.0 Å². The fourth-order valence-electron chi connectivity index (χ4n) is 3.81. The van der Waals surface area contributed by atoms with E-state index in [1.54, 1.807) is 50.4 Å². The van der Waals surface area contributed by atoms with Crippen molar-refractivity contribution in [3.05, 3.63) is 77.0 Å². The Morgan fingerprint density at radius 2 is 1.64 bits per heavy atom. The number of fused-ring (bicyclic) bond motifs is 1. The number of carbonyl (C=O) groups is 2. The average Bonchev–Trinajstić information content (AvgIpc) is 3.37. The summed E-state index contributed by atoms with van der Waals surface area (Å²) in [6.07, 6.45) is 0. The molecule has 0 aliphatic heterocycles. The Balaban J connectivity index is 1.52. The van der Waals surface area contributed by atoms with Gasteiger partial charge in [0.1, 0.15) is 23.0 Å². The van der Waals surface area contributed by atoms with Gasteiger partial charge in [-0.2, -0.15) is 0 Å². The summed E-state index contributed by atoms with van der Waals surface area (Å²) in [5, 5.41) is 0.727. The molecular weight excluding hydrogens is 427 g/mol. The van der Waals surface area contributed by atoms with Crippen LogP contribution in [-0.4, -0.2) is 35.6 Å². The van der Waals surface area contributed by atoms with E-state index in [2.05, 4.69) is 15.8 Å². The van der Waals surface area contributed by atoms with Gasteiger partial charge in [0.05, 0.1) is 25.3 Å². The van der Waals surface area contributed by atoms with Crippen LogP contribution in [0.15, 0.2) is 48.5 Å². The first-order chi connectivity index (χ1) is 15.8. The summed E-state index contributed by atoms with van der Waals surface area (Å²) in [6.45, 7) is 3.63. The first kappa shape index (κ1) is 21.9. The Hall–Kier alpha value is -4.27. The number of nitrogens with one attached hydrogen (secondary N) is 3. The van der Waals surface area contributed by atoms with Gasteiger partial charge in [0, 0.05) is 28.5 Å². The largest absolute Gasteiger partial charge is 0.497 e. The fraction of sp³-hybridized carbons (Fsp3) is 0.167. The van der Waals surface area contributed by atoms with Gasteiger partial charge in [-0.15, -0.1) is 0 Å². The van der Waals surface area contributed by atoms with Crippen molar-refractivity contribution < 1.29 is 23.5 Å². The van der Waals surface area contributed by atoms with Crippen LogP contribution in [0.2, 0.25) is 0 Å². The highest BCUT2D eigenvalue weighted by Gasteiger charge is 2.19. The first-order valence-corrected chi connectivity index (χ1v) is 10.1. The second-order valence-electron chi connectivity index (χ2n) is 7.48. The molecule has 0 spiro atoms. The molecule has 0 bridgehead atoms. The molecule has 9 heteroatoms. The number of hydrogen-bond acceptors (Lipinski definition) is 4. The quantitative estimate of drug-likeness (QED) is 0.403. The van der Waals surface area contributed by atoms with E-state index in [0.29, 0.717) is 28.3 Å². The van der Waals surface area contributed by atoms with Gasteiger partial charge in [-0.25, -0.2) is 4.39 Å². The number of methoxy groups -OCH3 is 2. The third-order valence-electron chi connectivity index (χ3n) is 5.42. The zero-order chi connectivity index (χ0) is 23.7. The van der Waals surface area contributed by atoms with Crippen LogP contribution in [0.1, 0.15) is 32.2 Å². The SMILES string of the molecule is COc1cc(OC)c2[nH]c(C(=O)NNC(=O)c3cc(C)n(-c4ccc(F)cc4)c3C)cc2c1. The molecule has 0 saturated heterocycles. The second kappa shape index (κ2) is 8.70. The lowest BCUT2D eigenvalue weighted by Gasteiger charge is -2.10. The summed E-state index contributed by atoms with van der Waals surface area (Å²) in [5.41, 5.74) is 8.34. The molecule has 0 aliphatic carbocycles. The Kier molecular flexibility index (Phi) is 5.78. The molecule has 0 aliphatic rings. The molecule has 2 aromatic carbocycles. The molecule has 0 fully saturated rings. The van der Waals surface area contributed by atoms with Crippen molar-refractivity contribution in [2.24, 2.45) is 0 Å². The highest BCUT2D eigenvalue weighted by atomic mass is 19.1. The van der Waals surface area contributed by atoms with Crippen molar-refractivity contribution in [3.8, 4) is 17.2 Å². The average molecular weight is 450 g/mol. The first-order valence-electron chi connectivity index (χ1n) is 10.1. The van der Waals surface area contributed by atoms with E-state index >= 15 is 0 Å². The van der Waals surface area contributed by atoms with Crippen LogP contribution in [-0.2, 0) is 0 Å². The number of rotatable bonds is 5. The summed E-state index contributed by atoms with van der Waals surface area (Å²) in [7, 11) is 3.07. The van der Waals surface area contributed by atoms with Gasteiger partial charge in [-0.1, -0.05) is 0 Å². The summed E-state index contributed by atoms with van der Waals surface area (Å²) in [4.78, 5) is 28.4. The number of aromatic nitrogens is 2. The van der Waals surface area contributed by atoms with Crippen LogP contribution in [0, 0.1) is 19.7 Å². The molecule has 0 unspecified atom stereocenters. The lowest BCUT2D eigenvalue weighted by atomic mass is 10.2. The molecule has 0 saturated carbocycles. The van der Waals surface area contributed by atoms with Crippen molar-refractivity contribution in [2.45, 2.75) is 13.8 Å². The van der Waals surface area contributed by atoms with Gasteiger partial charge in [-0.05, 0) is 56.3 Å². The van der Waals surface area contributed by atoms with Crippen molar-refractivity contribution in [1.82, 2.24) is 20.4 Å². The van der Waals surface area contributed by atoms with Gasteiger partial charge in [0.15, 0.2) is 0 Å². The number of hydrogen-bond donors (Lipinski definition) is 3. The highest BCUT2D eigenvalue weighted by molar-refractivity contribution is 6.02. The molecule has 2 amide bonds. The summed E-state index contributed by atoms with van der Waals surface area (Å²) >= 11 is 0. The van der Waals surface area contributed by atoms with E-state index in [1.807, 2.05) is 11.5 Å². The zero-order valence-electron chi connectivity index (χ0n) is 18.6. The van der Waals surface area contributed by atoms with E-state index < -0.39 is 11.8 Å². The van der Waals surface area contributed by atoms with E-state index in [9.17, 15) is 14.0 Å². The lowest BCUT2D eigenvalue weighted by molar-refractivity contribution is 0.0844. The number of aryl methyl sites for hydroxylation is 1. The zero-order valence-corrected chi connectivity index (χ0v) is 18.6. The fourth-order valence-corrected chi connectivity index (χ4v) is 3.81. The molecule has 33 heavy (non-hydrogen) atoms. The molecule has 8 nitrogen and oxygen atoms in total. The number of benzene rings is 2. The molecule has 0 radical (unpaired) electrons. The van der Waals surface area contributed by atoms with Crippen LogP contribution in [0.4, 0.5) is 4.39 Å². The Bertz CT molecular complexity index is 1360. The van der Waals surface area contributed by atoms with Crippen LogP contribution >= 0.6 is 0 Å². The molecule has 4 rings (SSSR count). The molecule has 2 heterocycles. The number of aromatic amines is 1. The molecule has 0 atom stereocenters. The Morgan fingerprint density at radius 1 is 0.939 bits per heavy atom. The van der Waals surface area contributed by atoms with Crippen LogP contribution < -0.4 is 20.3 Å². The number of carbonyl (C=O) groups excluding carboxylic acids is 2. The maximum Gasteiger partial charge on any atom is 0.286 e. The van der Waals surface area contributed by atoms with E-state index in [1.165, 1.54) is 19.2 Å². The number of nitrogens with zero attached hydrogens (tertiary/aromatic N) is 1. The van der Waals surface area contributed by atoms with Crippen molar-refractivity contribution in [1.29, 1.82) is 0 Å². The van der Waals surface area contributed by atoms with E-state index in [0.717, 1.165) is 16.8 Å². The number of halogens is 1. The number of ether oxygens (including phenoxy) is 2. The summed E-state index contributed by atoms with van der Waals surface area (Å²) in [5.74, 6) is -0.209. The molecule has 2 aromatic heterocycles. The predicted octanol–water partition coefficient (Wildman–Crippen LogP) is 3.81. The smallest absolute Gasteiger partial charge is 0.286 e. The molecule has 170 valence electrons. The van der Waals surface area contributed by atoms with Gasteiger partial charge in [0.2, 0.25) is 0 Å². The second-order valence-corrected chi connectivity index (χ2v) is 7.48. The number of hydrazine groups is 1. The maximum absolute atomic E-state index is 13.3. The normalized spacial score (nSPS) is 10.8. The third-order valence-corrected chi connectivity index (χ3v) is 5.42. The van der Waals surface area contributed by atoms with Crippen LogP contribution in [0.3, 0.4) is 0 Å². The maximum atomic E-state index is 13.3. The van der Waals surface area contributed by atoms with Crippen molar-refractivity contribution in [3.63, 3.8) is 0 Å². The lowest BCUT2D eigenvalue weighted by Crippen LogP contribution is -2.41. The topological polar surface area (TPSA) is 97.4 Å². The minimum Gasteiger partial charge on any atom is -0.497 e. The molecule has 4 aromatic rings. The minimum atomic E-state index is -0.520. The molecular formula is C24H23FN4O4. The standard InChI is InChI=1S/C24H23FN4O4/c1-13-9-19(14(2)29(13)17-7-5-16(25)6-8-17)23(30)27-28-24(31)20-11-15-10-18(32-3)12-21(33-4)22(15)26-20/h5-12,26H,1-4H3,(H,27,30)(H,28,31). The Morgan fingerprint density at radius 3 is 2.30 bits per heavy atom. The van der Waals surface area contributed by atoms with E-state index in [4.69, 9.17) is 9.47 Å². The summed E-state index contributed by atoms with van der Waals surface area (Å²) < 4.78 is 25.7. The Labute approximate surface area is 189 Å². The van der Waals surface area contributed by atoms with Gasteiger partial charge in [-0.3, -0.25) is 20.4 Å².